The summed E-state index contributed by atoms with van der Waals surface area (Å²) in [5, 5.41) is 0.459. The summed E-state index contributed by atoms with van der Waals surface area (Å²) in [6, 6.07) is -7.27. The fourth-order valence-electron chi connectivity index (χ4n) is 1.67. The fourth-order valence-corrected chi connectivity index (χ4v) is 1.67. The maximum absolute atomic E-state index is 13.3. The molecule has 0 aliphatic carbocycles. The minimum atomic E-state index is -9.23. The Kier molecular flexibility index (Phi) is 7.18. The molecule has 0 aromatic heterocycles. The van der Waals surface area contributed by atoms with E-state index in [4.69, 9.17) is 5.53 Å². The molecule has 24 heteroatoms. The van der Waals surface area contributed by atoms with E-state index in [-0.39, 0.29) is 0 Å². The molecule has 0 rings (SSSR count). The van der Waals surface area contributed by atoms with E-state index in [0.717, 1.165) is 0 Å². The standard InChI is InChI=1S/C10F21N3/c11-1(12,3(15,16)5(19,20)7(23,24)9(27,28)29)2(13,14)4(17,18)6(21,22)8(25,26)10(30,31)33-34-32. The SMILES string of the molecule is [N-]=[N+]=NC(F)(F)C(F)(F)C(F)(F)C(F)(F)C(F)(F)C(F)(F)C(F)(F)C(F)(F)C(F)(F)C(F)(F)F. The Morgan fingerprint density at radius 2 is 0.559 bits per heavy atom. The highest BCUT2D eigenvalue weighted by Crippen LogP contribution is 2.66. The number of azide groups is 1. The van der Waals surface area contributed by atoms with E-state index < -0.39 is 59.6 Å². The van der Waals surface area contributed by atoms with Crippen molar-refractivity contribution in [2.24, 2.45) is 5.11 Å². The van der Waals surface area contributed by atoms with Gasteiger partial charge in [-0.05, 0) is 10.6 Å². The van der Waals surface area contributed by atoms with Gasteiger partial charge in [-0.2, -0.15) is 92.2 Å². The van der Waals surface area contributed by atoms with Gasteiger partial charge in [0.15, 0.2) is 0 Å². The molecule has 0 aromatic rings. The van der Waals surface area contributed by atoms with Crippen molar-refractivity contribution in [3.05, 3.63) is 10.4 Å². The molecule has 0 saturated heterocycles. The number of halogens is 21. The van der Waals surface area contributed by atoms with Gasteiger partial charge in [-0.25, -0.2) is 0 Å². The third kappa shape index (κ3) is 3.62. The van der Waals surface area contributed by atoms with Crippen molar-refractivity contribution in [3.63, 3.8) is 0 Å². The topological polar surface area (TPSA) is 48.8 Å². The third-order valence-corrected chi connectivity index (χ3v) is 3.66. The summed E-state index contributed by atoms with van der Waals surface area (Å²) in [5.74, 6) is -71.0. The summed E-state index contributed by atoms with van der Waals surface area (Å²) in [7, 11) is 0. The smallest absolute Gasteiger partial charge is 0.193 e. The highest BCUT2D eigenvalue weighted by Gasteiger charge is 2.97. The number of hydrogen-bond acceptors (Lipinski definition) is 1. The molecule has 3 nitrogen and oxygen atoms in total. The molecule has 0 fully saturated rings. The summed E-state index contributed by atoms with van der Waals surface area (Å²) in [6.45, 7) is 0. The third-order valence-electron chi connectivity index (χ3n) is 3.66. The summed E-state index contributed by atoms with van der Waals surface area (Å²) >= 11 is 0. The molecule has 0 aromatic carbocycles. The van der Waals surface area contributed by atoms with Crippen LogP contribution in [0.1, 0.15) is 0 Å². The van der Waals surface area contributed by atoms with Gasteiger partial charge < -0.3 is 0 Å². The summed E-state index contributed by atoms with van der Waals surface area (Å²) < 4.78 is 270. The Hall–Kier alpha value is -2.16. The zero-order chi connectivity index (χ0) is 28.4. The molecule has 202 valence electrons. The summed E-state index contributed by atoms with van der Waals surface area (Å²) in [5.41, 5.74) is 7.46. The number of nitrogens with zero attached hydrogens (tertiary/aromatic N) is 3. The second-order valence-electron chi connectivity index (χ2n) is 5.82. The lowest BCUT2D eigenvalue weighted by Gasteiger charge is -2.44. The monoisotopic (exact) mass is 561 g/mol. The van der Waals surface area contributed by atoms with Crippen LogP contribution in [0.15, 0.2) is 5.11 Å². The second kappa shape index (κ2) is 7.67. The van der Waals surface area contributed by atoms with Crippen LogP contribution in [0, 0.1) is 0 Å². The van der Waals surface area contributed by atoms with Crippen molar-refractivity contribution in [1.82, 2.24) is 0 Å². The van der Waals surface area contributed by atoms with Crippen LogP contribution in [0.2, 0.25) is 0 Å². The molecule has 0 unspecified atom stereocenters. The normalized spacial score (nSPS) is 16.4. The Balaban J connectivity index is 7.10. The van der Waals surface area contributed by atoms with Gasteiger partial charge in [0.1, 0.15) is 0 Å². The largest absolute Gasteiger partial charge is 0.460 e. The van der Waals surface area contributed by atoms with E-state index >= 15 is 0 Å². The van der Waals surface area contributed by atoms with Gasteiger partial charge >= 0.3 is 59.6 Å². The minimum absolute atomic E-state index is 0.459. The molecular formula is C10F21N3. The van der Waals surface area contributed by atoms with E-state index in [1.807, 2.05) is 0 Å². The van der Waals surface area contributed by atoms with Crippen LogP contribution in [-0.4, -0.2) is 59.6 Å². The van der Waals surface area contributed by atoms with Crippen molar-refractivity contribution in [2.75, 3.05) is 0 Å². The lowest BCUT2D eigenvalue weighted by molar-refractivity contribution is -0.474. The zero-order valence-electron chi connectivity index (χ0n) is 14.3. The van der Waals surface area contributed by atoms with Crippen molar-refractivity contribution < 1.29 is 92.2 Å². The average Bonchev–Trinajstić information content (AvgIpc) is 2.59. The number of alkyl halides is 21. The molecule has 0 aliphatic rings. The van der Waals surface area contributed by atoms with Gasteiger partial charge in [-0.15, -0.1) is 0 Å². The second-order valence-corrected chi connectivity index (χ2v) is 5.82. The van der Waals surface area contributed by atoms with Gasteiger partial charge in [0.05, 0.1) is 0 Å². The number of rotatable bonds is 9. The Morgan fingerprint density at radius 3 is 0.765 bits per heavy atom. The highest BCUT2D eigenvalue weighted by atomic mass is 19.4. The van der Waals surface area contributed by atoms with Gasteiger partial charge in [0.2, 0.25) is 0 Å². The molecular weight excluding hydrogens is 561 g/mol. The zero-order valence-corrected chi connectivity index (χ0v) is 14.3. The van der Waals surface area contributed by atoms with Crippen LogP contribution in [0.3, 0.4) is 0 Å². The molecule has 0 bridgehead atoms. The first-order chi connectivity index (χ1) is 14.3. The Morgan fingerprint density at radius 1 is 0.353 bits per heavy atom. The van der Waals surface area contributed by atoms with Gasteiger partial charge in [-0.1, -0.05) is 0 Å². The first kappa shape index (κ1) is 31.8. The number of hydrogen-bond donors (Lipinski definition) is 0. The van der Waals surface area contributed by atoms with Crippen LogP contribution < -0.4 is 0 Å². The molecule has 0 N–H and O–H groups in total. The van der Waals surface area contributed by atoms with E-state index in [1.54, 1.807) is 0 Å². The lowest BCUT2D eigenvalue weighted by Crippen LogP contribution is -2.76. The Labute approximate surface area is 169 Å². The van der Waals surface area contributed by atoms with Gasteiger partial charge in [0, 0.05) is 4.91 Å². The predicted octanol–water partition coefficient (Wildman–Crippen LogP) is 7.53. The van der Waals surface area contributed by atoms with E-state index in [9.17, 15) is 92.2 Å². The van der Waals surface area contributed by atoms with E-state index in [1.165, 1.54) is 0 Å². The van der Waals surface area contributed by atoms with E-state index in [0.29, 0.717) is 10.0 Å². The quantitative estimate of drug-likeness (QED) is 0.0920. The first-order valence-corrected chi connectivity index (χ1v) is 6.84. The lowest BCUT2D eigenvalue weighted by atomic mass is 9.87. The fraction of sp³-hybridized carbons (Fsp3) is 1.00. The van der Waals surface area contributed by atoms with Gasteiger partial charge in [-0.3, -0.25) is 0 Å². The molecule has 0 amide bonds. The maximum atomic E-state index is 13.3. The highest BCUT2D eigenvalue weighted by molar-refractivity contribution is 5.17. The van der Waals surface area contributed by atoms with Crippen LogP contribution in [-0.2, 0) is 0 Å². The summed E-state index contributed by atoms with van der Waals surface area (Å²) in [4.78, 5) is 0.674. The molecule has 0 radical (unpaired) electrons. The average molecular weight is 561 g/mol. The van der Waals surface area contributed by atoms with Crippen molar-refractivity contribution in [1.29, 1.82) is 0 Å². The summed E-state index contributed by atoms with van der Waals surface area (Å²) in [6.07, 6.45) is -8.03. The van der Waals surface area contributed by atoms with Crippen LogP contribution >= 0.6 is 0 Å². The van der Waals surface area contributed by atoms with Crippen molar-refractivity contribution >= 4 is 0 Å². The van der Waals surface area contributed by atoms with Gasteiger partial charge in [0.25, 0.3) is 0 Å². The van der Waals surface area contributed by atoms with Crippen LogP contribution in [0.4, 0.5) is 92.2 Å². The maximum Gasteiger partial charge on any atom is 0.460 e. The molecule has 0 heterocycles. The van der Waals surface area contributed by atoms with Crippen LogP contribution in [0.25, 0.3) is 10.4 Å². The Bertz CT molecular complexity index is 815. The molecule has 0 saturated carbocycles. The first-order valence-electron chi connectivity index (χ1n) is 6.84. The molecule has 0 atom stereocenters. The van der Waals surface area contributed by atoms with Crippen LogP contribution in [0.5, 0.6) is 0 Å². The molecule has 34 heavy (non-hydrogen) atoms. The molecule has 0 aliphatic heterocycles. The van der Waals surface area contributed by atoms with Crippen molar-refractivity contribution in [3.8, 4) is 0 Å². The molecule has 0 spiro atoms. The minimum Gasteiger partial charge on any atom is -0.193 e. The van der Waals surface area contributed by atoms with E-state index in [2.05, 4.69) is 0 Å². The predicted molar refractivity (Wildman–Crippen MR) is 59.7 cm³/mol. The van der Waals surface area contributed by atoms with Crippen molar-refractivity contribution in [2.45, 2.75) is 59.6 Å².